The molecule has 0 radical (unpaired) electrons. The van der Waals surface area contributed by atoms with Crippen LogP contribution in [0.15, 0.2) is 69.9 Å². The molecule has 0 saturated heterocycles. The molecule has 4 nitrogen and oxygen atoms in total. The third-order valence-electron chi connectivity index (χ3n) is 3.65. The van der Waals surface area contributed by atoms with Gasteiger partial charge in [0.15, 0.2) is 5.78 Å². The van der Waals surface area contributed by atoms with Crippen LogP contribution in [0.4, 0.5) is 0 Å². The Kier molecular flexibility index (Phi) is 4.29. The maximum atomic E-state index is 13.0. The molecule has 0 amide bonds. The van der Waals surface area contributed by atoms with Gasteiger partial charge in [0.05, 0.1) is 12.5 Å². The Bertz CT molecular complexity index is 981. The normalized spacial score (nSPS) is 11.5. The number of carbonyl (C=O) groups excluding carboxylic acids is 1. The van der Waals surface area contributed by atoms with Gasteiger partial charge in [0.25, 0.3) is 5.95 Å². The van der Waals surface area contributed by atoms with E-state index < -0.39 is 0 Å². The third-order valence-corrected chi connectivity index (χ3v) is 3.65. The lowest BCUT2D eigenvalue weighted by Crippen LogP contribution is -2.12. The van der Waals surface area contributed by atoms with E-state index in [1.807, 2.05) is 30.3 Å². The van der Waals surface area contributed by atoms with E-state index in [9.17, 15) is 9.59 Å². The van der Waals surface area contributed by atoms with Crippen LogP contribution >= 0.6 is 0 Å². The van der Waals surface area contributed by atoms with Crippen LogP contribution < -0.4 is 10.2 Å². The summed E-state index contributed by atoms with van der Waals surface area (Å²) in [4.78, 5) is 24.7. The molecule has 0 spiro atoms. The average Bonchev–Trinajstić information content (AvgIpc) is 2.60. The zero-order valence-corrected chi connectivity index (χ0v) is 13.4. The van der Waals surface area contributed by atoms with E-state index >= 15 is 0 Å². The molecule has 3 aromatic rings. The van der Waals surface area contributed by atoms with E-state index in [-0.39, 0.29) is 22.7 Å². The summed E-state index contributed by atoms with van der Waals surface area (Å²) in [5.41, 5.74) is 1.69. The van der Waals surface area contributed by atoms with E-state index in [0.717, 1.165) is 5.56 Å². The number of allylic oxidation sites excluding steroid dienone is 1. The van der Waals surface area contributed by atoms with Crippen molar-refractivity contribution in [3.8, 4) is 5.95 Å². The van der Waals surface area contributed by atoms with Crippen LogP contribution in [0.3, 0.4) is 0 Å². The van der Waals surface area contributed by atoms with E-state index in [4.69, 9.17) is 9.15 Å². The van der Waals surface area contributed by atoms with Crippen LogP contribution in [0.2, 0.25) is 0 Å². The van der Waals surface area contributed by atoms with Gasteiger partial charge < -0.3 is 9.15 Å². The molecule has 2 aromatic carbocycles. The first-order valence-electron chi connectivity index (χ1n) is 7.49. The van der Waals surface area contributed by atoms with Crippen molar-refractivity contribution in [2.24, 2.45) is 0 Å². The molecule has 1 heterocycles. The second-order valence-electron chi connectivity index (χ2n) is 5.33. The summed E-state index contributed by atoms with van der Waals surface area (Å²) in [5.74, 6) is -0.0708. The third kappa shape index (κ3) is 2.86. The lowest BCUT2D eigenvalue weighted by molar-refractivity contribution is -0.112. The van der Waals surface area contributed by atoms with Gasteiger partial charge in [0.1, 0.15) is 11.1 Å². The molecule has 24 heavy (non-hydrogen) atoms. The number of hydrogen-bond donors (Lipinski definition) is 0. The van der Waals surface area contributed by atoms with Crippen LogP contribution in [0.5, 0.6) is 5.95 Å². The predicted molar refractivity (Wildman–Crippen MR) is 93.2 cm³/mol. The topological polar surface area (TPSA) is 56.5 Å². The highest BCUT2D eigenvalue weighted by Gasteiger charge is 2.20. The number of carbonyl (C=O) groups is 1. The summed E-state index contributed by atoms with van der Waals surface area (Å²) in [6.45, 7) is 1.44. The molecule has 3 rings (SSSR count). The van der Waals surface area contributed by atoms with Crippen molar-refractivity contribution in [2.45, 2.75) is 6.92 Å². The predicted octanol–water partition coefficient (Wildman–Crippen LogP) is 3.82. The minimum absolute atomic E-state index is 0.0926. The number of ketones is 1. The minimum Gasteiger partial charge on any atom is -0.468 e. The molecule has 0 N–H and O–H groups in total. The van der Waals surface area contributed by atoms with Crippen molar-refractivity contribution in [2.75, 3.05) is 7.11 Å². The molecule has 0 saturated carbocycles. The second kappa shape index (κ2) is 6.54. The highest BCUT2D eigenvalue weighted by molar-refractivity contribution is 6.00. The van der Waals surface area contributed by atoms with E-state index in [1.54, 1.807) is 24.3 Å². The molecule has 0 unspecified atom stereocenters. The van der Waals surface area contributed by atoms with Crippen LogP contribution in [-0.2, 0) is 4.79 Å². The molecular weight excluding hydrogens is 304 g/mol. The molecule has 0 aliphatic heterocycles. The Balaban J connectivity index is 2.38. The highest BCUT2D eigenvalue weighted by atomic mass is 16.6. The Hall–Kier alpha value is -3.14. The molecule has 1 aromatic heterocycles. The fourth-order valence-electron chi connectivity index (χ4n) is 2.62. The SMILES string of the molecule is COc1oc2ccccc2c(=O)c1/C(=C/C(C)=O)c1ccccc1. The van der Waals surface area contributed by atoms with Gasteiger partial charge in [-0.05, 0) is 30.7 Å². The van der Waals surface area contributed by atoms with E-state index in [2.05, 4.69) is 0 Å². The zero-order valence-electron chi connectivity index (χ0n) is 13.4. The summed E-state index contributed by atoms with van der Waals surface area (Å²) in [6.07, 6.45) is 1.43. The monoisotopic (exact) mass is 320 g/mol. The zero-order chi connectivity index (χ0) is 17.1. The lowest BCUT2D eigenvalue weighted by Gasteiger charge is -2.12. The number of para-hydroxylation sites is 1. The number of fused-ring (bicyclic) bond motifs is 1. The van der Waals surface area contributed by atoms with Gasteiger partial charge >= 0.3 is 0 Å². The van der Waals surface area contributed by atoms with Crippen LogP contribution in [0, 0.1) is 0 Å². The van der Waals surface area contributed by atoms with Crippen molar-refractivity contribution in [1.82, 2.24) is 0 Å². The first-order chi connectivity index (χ1) is 11.6. The Morgan fingerprint density at radius 2 is 1.71 bits per heavy atom. The molecule has 0 aliphatic rings. The number of ether oxygens (including phenoxy) is 1. The standard InChI is InChI=1S/C20H16O4/c1-13(21)12-16(14-8-4-3-5-9-14)18-19(22)15-10-6-7-11-17(15)24-20(18)23-2/h3-12H,1-2H3/b16-12+. The van der Waals surface area contributed by atoms with Gasteiger partial charge in [-0.2, -0.15) is 0 Å². The fourth-order valence-corrected chi connectivity index (χ4v) is 2.62. The van der Waals surface area contributed by atoms with Gasteiger partial charge in [0.2, 0.25) is 5.43 Å². The van der Waals surface area contributed by atoms with Crippen LogP contribution in [0.25, 0.3) is 16.5 Å². The number of methoxy groups -OCH3 is 1. The number of benzene rings is 2. The van der Waals surface area contributed by atoms with Gasteiger partial charge in [-0.25, -0.2) is 0 Å². The molecular formula is C20H16O4. The molecule has 0 bridgehead atoms. The molecule has 120 valence electrons. The quantitative estimate of drug-likeness (QED) is 0.686. The Morgan fingerprint density at radius 1 is 1.04 bits per heavy atom. The maximum Gasteiger partial charge on any atom is 0.296 e. The summed E-state index contributed by atoms with van der Waals surface area (Å²) >= 11 is 0. The largest absolute Gasteiger partial charge is 0.468 e. The average molecular weight is 320 g/mol. The second-order valence-corrected chi connectivity index (χ2v) is 5.33. The Labute approximate surface area is 139 Å². The Morgan fingerprint density at radius 3 is 2.38 bits per heavy atom. The molecule has 0 fully saturated rings. The van der Waals surface area contributed by atoms with Crippen LogP contribution in [-0.4, -0.2) is 12.9 Å². The van der Waals surface area contributed by atoms with Crippen molar-refractivity contribution in [1.29, 1.82) is 0 Å². The van der Waals surface area contributed by atoms with Gasteiger partial charge in [-0.3, -0.25) is 9.59 Å². The minimum atomic E-state index is -0.231. The first kappa shape index (κ1) is 15.7. The first-order valence-corrected chi connectivity index (χ1v) is 7.49. The fraction of sp³-hybridized carbons (Fsp3) is 0.100. The molecule has 4 heteroatoms. The summed E-state index contributed by atoms with van der Waals surface area (Å²) in [5, 5.41) is 0.443. The molecule has 0 atom stereocenters. The maximum absolute atomic E-state index is 13.0. The smallest absolute Gasteiger partial charge is 0.296 e. The molecule has 0 aliphatic carbocycles. The van der Waals surface area contributed by atoms with Gasteiger partial charge in [-0.15, -0.1) is 0 Å². The van der Waals surface area contributed by atoms with Crippen molar-refractivity contribution >= 4 is 22.3 Å². The van der Waals surface area contributed by atoms with Crippen molar-refractivity contribution in [3.05, 3.63) is 82.0 Å². The highest BCUT2D eigenvalue weighted by Crippen LogP contribution is 2.31. The summed E-state index contributed by atoms with van der Waals surface area (Å²) in [7, 11) is 1.44. The lowest BCUT2D eigenvalue weighted by atomic mass is 9.96. The number of hydrogen-bond acceptors (Lipinski definition) is 4. The van der Waals surface area contributed by atoms with Crippen molar-refractivity contribution in [3.63, 3.8) is 0 Å². The van der Waals surface area contributed by atoms with Crippen LogP contribution in [0.1, 0.15) is 18.1 Å². The van der Waals surface area contributed by atoms with E-state index in [1.165, 1.54) is 20.1 Å². The van der Waals surface area contributed by atoms with Gasteiger partial charge in [0, 0.05) is 5.57 Å². The summed E-state index contributed by atoms with van der Waals surface area (Å²) < 4.78 is 11.0. The van der Waals surface area contributed by atoms with Crippen molar-refractivity contribution < 1.29 is 13.9 Å². The van der Waals surface area contributed by atoms with E-state index in [0.29, 0.717) is 16.5 Å². The summed E-state index contributed by atoms with van der Waals surface area (Å²) in [6, 6.07) is 16.2. The number of rotatable bonds is 4. The van der Waals surface area contributed by atoms with Gasteiger partial charge in [-0.1, -0.05) is 42.5 Å².